The van der Waals surface area contributed by atoms with Crippen LogP contribution in [0.4, 0.5) is 11.8 Å². The number of aromatic nitrogens is 2. The number of anilines is 2. The highest BCUT2D eigenvalue weighted by Crippen LogP contribution is 2.23. The van der Waals surface area contributed by atoms with Gasteiger partial charge in [0.1, 0.15) is 5.02 Å². The smallest absolute Gasteiger partial charge is 0.224 e. The van der Waals surface area contributed by atoms with Crippen molar-refractivity contribution in [1.82, 2.24) is 9.97 Å². The molecule has 0 atom stereocenters. The first kappa shape index (κ1) is 16.9. The summed E-state index contributed by atoms with van der Waals surface area (Å²) >= 11 is 6.22. The number of hydrogen-bond donors (Lipinski definition) is 1. The summed E-state index contributed by atoms with van der Waals surface area (Å²) in [7, 11) is 3.37. The third-order valence-electron chi connectivity index (χ3n) is 2.70. The SMILES string of the molecule is CCNc1ncc(Cl)c(N(CCCOC)CCOC)n1. The Morgan fingerprint density at radius 2 is 2.00 bits per heavy atom. The molecule has 0 unspecified atom stereocenters. The highest BCUT2D eigenvalue weighted by molar-refractivity contribution is 6.32. The summed E-state index contributed by atoms with van der Waals surface area (Å²) in [5.41, 5.74) is 0. The van der Waals surface area contributed by atoms with E-state index in [1.54, 1.807) is 20.4 Å². The molecular weight excluding hydrogens is 280 g/mol. The molecule has 1 N–H and O–H groups in total. The van der Waals surface area contributed by atoms with Crippen molar-refractivity contribution in [3.63, 3.8) is 0 Å². The van der Waals surface area contributed by atoms with Gasteiger partial charge in [-0.25, -0.2) is 4.98 Å². The lowest BCUT2D eigenvalue weighted by atomic mass is 10.3. The van der Waals surface area contributed by atoms with E-state index in [9.17, 15) is 0 Å². The maximum atomic E-state index is 6.22. The van der Waals surface area contributed by atoms with E-state index in [2.05, 4.69) is 20.2 Å². The quantitative estimate of drug-likeness (QED) is 0.668. The van der Waals surface area contributed by atoms with Gasteiger partial charge in [-0.2, -0.15) is 4.98 Å². The molecule has 0 amide bonds. The topological polar surface area (TPSA) is 59.5 Å². The summed E-state index contributed by atoms with van der Waals surface area (Å²) in [4.78, 5) is 10.7. The van der Waals surface area contributed by atoms with Crippen LogP contribution in [0.25, 0.3) is 0 Å². The van der Waals surface area contributed by atoms with E-state index in [1.807, 2.05) is 6.92 Å². The molecule has 0 saturated heterocycles. The molecule has 1 rings (SSSR count). The summed E-state index contributed by atoms with van der Waals surface area (Å²) < 4.78 is 10.2. The molecule has 0 spiro atoms. The van der Waals surface area contributed by atoms with Crippen molar-refractivity contribution in [3.8, 4) is 0 Å². The fourth-order valence-corrected chi connectivity index (χ4v) is 1.96. The van der Waals surface area contributed by atoms with Crippen LogP contribution in [0.1, 0.15) is 13.3 Å². The largest absolute Gasteiger partial charge is 0.385 e. The third-order valence-corrected chi connectivity index (χ3v) is 2.97. The number of halogens is 1. The molecule has 1 aromatic rings. The van der Waals surface area contributed by atoms with Crippen molar-refractivity contribution in [2.24, 2.45) is 0 Å². The summed E-state index contributed by atoms with van der Waals surface area (Å²) in [5.74, 6) is 1.31. The van der Waals surface area contributed by atoms with Gasteiger partial charge in [0.2, 0.25) is 5.95 Å². The second-order valence-corrected chi connectivity index (χ2v) is 4.63. The zero-order chi connectivity index (χ0) is 14.8. The van der Waals surface area contributed by atoms with E-state index in [-0.39, 0.29) is 0 Å². The van der Waals surface area contributed by atoms with Gasteiger partial charge in [-0.15, -0.1) is 0 Å². The van der Waals surface area contributed by atoms with Crippen molar-refractivity contribution in [2.75, 3.05) is 57.3 Å². The van der Waals surface area contributed by atoms with Crippen LogP contribution in [0, 0.1) is 0 Å². The summed E-state index contributed by atoms with van der Waals surface area (Å²) in [6.45, 7) is 5.61. The average Bonchev–Trinajstić information content (AvgIpc) is 2.45. The van der Waals surface area contributed by atoms with Crippen molar-refractivity contribution >= 4 is 23.4 Å². The van der Waals surface area contributed by atoms with Gasteiger partial charge in [0.25, 0.3) is 0 Å². The molecule has 0 fully saturated rings. The third kappa shape index (κ3) is 5.48. The molecule has 0 aliphatic rings. The first-order valence-corrected chi connectivity index (χ1v) is 7.10. The molecule has 0 aliphatic heterocycles. The first-order chi connectivity index (χ1) is 9.72. The monoisotopic (exact) mass is 302 g/mol. The predicted molar refractivity (Wildman–Crippen MR) is 81.8 cm³/mol. The molecular formula is C13H23ClN4O2. The molecule has 7 heteroatoms. The van der Waals surface area contributed by atoms with Crippen LogP contribution in [0.5, 0.6) is 0 Å². The van der Waals surface area contributed by atoms with Gasteiger partial charge in [-0.05, 0) is 13.3 Å². The van der Waals surface area contributed by atoms with Crippen molar-refractivity contribution in [2.45, 2.75) is 13.3 Å². The molecule has 0 aliphatic carbocycles. The van der Waals surface area contributed by atoms with Gasteiger partial charge < -0.3 is 19.7 Å². The number of nitrogens with one attached hydrogen (secondary N) is 1. The first-order valence-electron chi connectivity index (χ1n) is 6.72. The lowest BCUT2D eigenvalue weighted by molar-refractivity contribution is 0.191. The highest BCUT2D eigenvalue weighted by atomic mass is 35.5. The summed E-state index contributed by atoms with van der Waals surface area (Å²) in [6.07, 6.45) is 2.52. The van der Waals surface area contributed by atoms with E-state index in [0.29, 0.717) is 24.2 Å². The van der Waals surface area contributed by atoms with E-state index < -0.39 is 0 Å². The lowest BCUT2D eigenvalue weighted by Gasteiger charge is -2.24. The van der Waals surface area contributed by atoms with E-state index >= 15 is 0 Å². The average molecular weight is 303 g/mol. The molecule has 114 valence electrons. The molecule has 6 nitrogen and oxygen atoms in total. The van der Waals surface area contributed by atoms with Crippen molar-refractivity contribution in [1.29, 1.82) is 0 Å². The lowest BCUT2D eigenvalue weighted by Crippen LogP contribution is -2.30. The maximum Gasteiger partial charge on any atom is 0.224 e. The number of ether oxygens (including phenoxy) is 2. The van der Waals surface area contributed by atoms with Crippen LogP contribution >= 0.6 is 11.6 Å². The Hall–Kier alpha value is -1.11. The maximum absolute atomic E-state index is 6.22. The van der Waals surface area contributed by atoms with Crippen LogP contribution in [-0.2, 0) is 9.47 Å². The van der Waals surface area contributed by atoms with Crippen LogP contribution in [0.15, 0.2) is 6.20 Å². The van der Waals surface area contributed by atoms with Gasteiger partial charge in [-0.1, -0.05) is 11.6 Å². The molecule has 1 aromatic heterocycles. The van der Waals surface area contributed by atoms with Crippen LogP contribution in [0.2, 0.25) is 5.02 Å². The second-order valence-electron chi connectivity index (χ2n) is 4.22. The molecule has 1 heterocycles. The molecule has 20 heavy (non-hydrogen) atoms. The fourth-order valence-electron chi connectivity index (χ4n) is 1.75. The Morgan fingerprint density at radius 1 is 1.25 bits per heavy atom. The van der Waals surface area contributed by atoms with Crippen molar-refractivity contribution in [3.05, 3.63) is 11.2 Å². The zero-order valence-corrected chi connectivity index (χ0v) is 13.1. The van der Waals surface area contributed by atoms with E-state index in [0.717, 1.165) is 31.9 Å². The molecule has 0 saturated carbocycles. The Kier molecular flexibility index (Phi) is 8.25. The van der Waals surface area contributed by atoms with Gasteiger partial charge in [0.05, 0.1) is 12.8 Å². The minimum Gasteiger partial charge on any atom is -0.385 e. The fraction of sp³-hybridized carbons (Fsp3) is 0.692. The Balaban J connectivity index is 2.83. The van der Waals surface area contributed by atoms with Crippen LogP contribution < -0.4 is 10.2 Å². The van der Waals surface area contributed by atoms with Gasteiger partial charge >= 0.3 is 0 Å². The highest BCUT2D eigenvalue weighted by Gasteiger charge is 2.13. The standard InChI is InChI=1S/C13H23ClN4O2/c1-4-15-13-16-10-11(14)12(17-13)18(7-9-20-3)6-5-8-19-2/h10H,4-9H2,1-3H3,(H,15,16,17). The number of rotatable bonds is 10. The minimum atomic E-state index is 0.542. The number of methoxy groups -OCH3 is 2. The second kappa shape index (κ2) is 9.74. The zero-order valence-electron chi connectivity index (χ0n) is 12.4. The minimum absolute atomic E-state index is 0.542. The predicted octanol–water partition coefficient (Wildman–Crippen LogP) is 2.05. The van der Waals surface area contributed by atoms with Crippen LogP contribution in [0.3, 0.4) is 0 Å². The number of hydrogen-bond acceptors (Lipinski definition) is 6. The van der Waals surface area contributed by atoms with Crippen molar-refractivity contribution < 1.29 is 9.47 Å². The Labute approximate surface area is 125 Å². The summed E-state index contributed by atoms with van der Waals surface area (Å²) in [6, 6.07) is 0. The van der Waals surface area contributed by atoms with Gasteiger partial charge in [-0.3, -0.25) is 0 Å². The summed E-state index contributed by atoms with van der Waals surface area (Å²) in [5, 5.41) is 3.63. The van der Waals surface area contributed by atoms with E-state index in [4.69, 9.17) is 21.1 Å². The van der Waals surface area contributed by atoms with Gasteiger partial charge in [0.15, 0.2) is 5.82 Å². The molecule has 0 radical (unpaired) electrons. The molecule has 0 aromatic carbocycles. The Bertz CT molecular complexity index is 393. The Morgan fingerprint density at radius 3 is 2.65 bits per heavy atom. The normalized spacial score (nSPS) is 10.6. The molecule has 0 bridgehead atoms. The van der Waals surface area contributed by atoms with Gasteiger partial charge in [0, 0.05) is 40.5 Å². The number of nitrogens with zero attached hydrogens (tertiary/aromatic N) is 3. The van der Waals surface area contributed by atoms with Crippen LogP contribution in [-0.4, -0.2) is 57.0 Å². The van der Waals surface area contributed by atoms with E-state index in [1.165, 1.54) is 0 Å².